The minimum atomic E-state index is -0.0262. The van der Waals surface area contributed by atoms with Crippen LogP contribution in [0.5, 0.6) is 0 Å². The van der Waals surface area contributed by atoms with Crippen LogP contribution in [0.1, 0.15) is 55.2 Å². The molecule has 0 saturated carbocycles. The van der Waals surface area contributed by atoms with E-state index in [0.717, 1.165) is 29.8 Å². The van der Waals surface area contributed by atoms with Crippen molar-refractivity contribution in [2.75, 3.05) is 0 Å². The number of hydrogen-bond donors (Lipinski definition) is 1. The number of benzene rings is 1. The zero-order valence-electron chi connectivity index (χ0n) is 17.2. The fraction of sp³-hybridized carbons (Fsp3) is 0.391. The van der Waals surface area contributed by atoms with E-state index in [0.29, 0.717) is 12.8 Å². The van der Waals surface area contributed by atoms with Crippen molar-refractivity contribution >= 4 is 5.91 Å². The van der Waals surface area contributed by atoms with Crippen molar-refractivity contribution in [2.45, 2.75) is 52.5 Å². The molecule has 0 radical (unpaired) electrons. The first-order chi connectivity index (χ1) is 13.9. The van der Waals surface area contributed by atoms with Gasteiger partial charge in [0, 0.05) is 30.6 Å². The van der Waals surface area contributed by atoms with E-state index in [1.165, 1.54) is 11.3 Å². The van der Waals surface area contributed by atoms with Gasteiger partial charge < -0.3 is 5.32 Å². The highest BCUT2D eigenvalue weighted by Gasteiger charge is 2.35. The molecular formula is C23H27N5O. The highest BCUT2D eigenvalue weighted by Crippen LogP contribution is 2.41. The molecule has 0 aliphatic heterocycles. The Morgan fingerprint density at radius 3 is 2.90 bits per heavy atom. The summed E-state index contributed by atoms with van der Waals surface area (Å²) in [6, 6.07) is 8.34. The van der Waals surface area contributed by atoms with Crippen LogP contribution in [0.15, 0.2) is 49.1 Å². The van der Waals surface area contributed by atoms with Crippen LogP contribution in [-0.2, 0) is 17.6 Å². The van der Waals surface area contributed by atoms with Crippen LogP contribution in [0.4, 0.5) is 0 Å². The van der Waals surface area contributed by atoms with E-state index in [1.54, 1.807) is 18.6 Å². The maximum atomic E-state index is 12.6. The van der Waals surface area contributed by atoms with Crippen molar-refractivity contribution in [2.24, 2.45) is 5.41 Å². The number of nitrogens with zero attached hydrogens (tertiary/aromatic N) is 4. The second-order valence-corrected chi connectivity index (χ2v) is 8.66. The first-order valence-corrected chi connectivity index (χ1v) is 10.1. The number of carbonyl (C=O) groups is 1. The number of fused-ring (bicyclic) bond motifs is 1. The molecule has 1 aliphatic rings. The zero-order valence-corrected chi connectivity index (χ0v) is 17.2. The molecule has 0 fully saturated rings. The third-order valence-corrected chi connectivity index (χ3v) is 5.49. The van der Waals surface area contributed by atoms with E-state index in [-0.39, 0.29) is 17.4 Å². The molecule has 1 aromatic carbocycles. The standard InChI is InChI=1S/C23H27N5O/c1-16-5-4-6-18(11-16)28-21-13-23(2,3)12-20(19(21)15-26-28)27-22(29)8-7-17-14-24-9-10-25-17/h4-6,9-11,14-15,20H,7-8,12-13H2,1-3H3,(H,27,29). The maximum Gasteiger partial charge on any atom is 0.220 e. The SMILES string of the molecule is Cc1cccc(-n2ncc3c2CC(C)(C)CC3NC(=O)CCc2cnccn2)c1. The van der Waals surface area contributed by atoms with Crippen molar-refractivity contribution in [1.82, 2.24) is 25.1 Å². The number of carbonyl (C=O) groups excluding carboxylic acids is 1. The van der Waals surface area contributed by atoms with Crippen LogP contribution in [0, 0.1) is 12.3 Å². The summed E-state index contributed by atoms with van der Waals surface area (Å²) in [6.45, 7) is 6.59. The molecule has 1 atom stereocenters. The van der Waals surface area contributed by atoms with Gasteiger partial charge in [0.1, 0.15) is 0 Å². The zero-order chi connectivity index (χ0) is 20.4. The lowest BCUT2D eigenvalue weighted by atomic mass is 9.74. The Labute approximate surface area is 171 Å². The third-order valence-electron chi connectivity index (χ3n) is 5.49. The molecule has 2 aromatic heterocycles. The van der Waals surface area contributed by atoms with Gasteiger partial charge in [-0.3, -0.25) is 14.8 Å². The fourth-order valence-electron chi connectivity index (χ4n) is 4.12. The summed E-state index contributed by atoms with van der Waals surface area (Å²) in [6.07, 6.45) is 9.74. The predicted molar refractivity (Wildman–Crippen MR) is 112 cm³/mol. The molecule has 0 bridgehead atoms. The topological polar surface area (TPSA) is 72.7 Å². The van der Waals surface area contributed by atoms with Gasteiger partial charge in [-0.05, 0) is 49.3 Å². The lowest BCUT2D eigenvalue weighted by Crippen LogP contribution is -2.36. The second kappa shape index (κ2) is 7.78. The summed E-state index contributed by atoms with van der Waals surface area (Å²) in [7, 11) is 0. The van der Waals surface area contributed by atoms with E-state index in [2.05, 4.69) is 65.4 Å². The van der Waals surface area contributed by atoms with Crippen molar-refractivity contribution in [3.8, 4) is 5.69 Å². The highest BCUT2D eigenvalue weighted by atomic mass is 16.1. The van der Waals surface area contributed by atoms with Crippen molar-refractivity contribution in [3.05, 3.63) is 71.6 Å². The smallest absolute Gasteiger partial charge is 0.220 e. The first kappa shape index (κ1) is 19.3. The van der Waals surface area contributed by atoms with Gasteiger partial charge in [-0.15, -0.1) is 0 Å². The summed E-state index contributed by atoms with van der Waals surface area (Å²) in [5.41, 5.74) is 5.49. The van der Waals surface area contributed by atoms with Gasteiger partial charge >= 0.3 is 0 Å². The quantitative estimate of drug-likeness (QED) is 0.722. The lowest BCUT2D eigenvalue weighted by molar-refractivity contribution is -0.122. The molecule has 1 amide bonds. The number of hydrogen-bond acceptors (Lipinski definition) is 4. The van der Waals surface area contributed by atoms with Crippen LogP contribution >= 0.6 is 0 Å². The Morgan fingerprint density at radius 1 is 1.28 bits per heavy atom. The van der Waals surface area contributed by atoms with Gasteiger partial charge in [0.2, 0.25) is 5.91 Å². The molecule has 1 aliphatic carbocycles. The summed E-state index contributed by atoms with van der Waals surface area (Å²) in [5.74, 6) is 0.0348. The Hall–Kier alpha value is -3.02. The van der Waals surface area contributed by atoms with Gasteiger partial charge in [0.15, 0.2) is 0 Å². The number of amides is 1. The maximum absolute atomic E-state index is 12.6. The molecular weight excluding hydrogens is 362 g/mol. The monoisotopic (exact) mass is 389 g/mol. The van der Waals surface area contributed by atoms with Crippen LogP contribution in [0.2, 0.25) is 0 Å². The summed E-state index contributed by atoms with van der Waals surface area (Å²) in [5, 5.41) is 7.91. The fourth-order valence-corrected chi connectivity index (χ4v) is 4.12. The normalized spacial score (nSPS) is 17.6. The average Bonchev–Trinajstić information content (AvgIpc) is 3.10. The van der Waals surface area contributed by atoms with Gasteiger partial charge in [-0.1, -0.05) is 26.0 Å². The van der Waals surface area contributed by atoms with Gasteiger partial charge in [0.05, 0.1) is 29.3 Å². The molecule has 2 heterocycles. The van der Waals surface area contributed by atoms with E-state index >= 15 is 0 Å². The summed E-state index contributed by atoms with van der Waals surface area (Å²) >= 11 is 0. The number of rotatable bonds is 5. The van der Waals surface area contributed by atoms with Gasteiger partial charge in [-0.25, -0.2) is 4.68 Å². The Morgan fingerprint density at radius 2 is 2.14 bits per heavy atom. The van der Waals surface area contributed by atoms with Gasteiger partial charge in [0.25, 0.3) is 0 Å². The van der Waals surface area contributed by atoms with E-state index in [4.69, 9.17) is 0 Å². The van der Waals surface area contributed by atoms with Crippen molar-refractivity contribution in [3.63, 3.8) is 0 Å². The first-order valence-electron chi connectivity index (χ1n) is 10.1. The molecule has 150 valence electrons. The Kier molecular flexibility index (Phi) is 5.18. The van der Waals surface area contributed by atoms with Crippen LogP contribution in [0.25, 0.3) is 5.69 Å². The number of aromatic nitrogens is 4. The average molecular weight is 390 g/mol. The number of aryl methyl sites for hydroxylation is 2. The van der Waals surface area contributed by atoms with E-state index in [1.807, 2.05) is 10.9 Å². The molecule has 6 heteroatoms. The third kappa shape index (κ3) is 4.36. The molecule has 4 rings (SSSR count). The van der Waals surface area contributed by atoms with Crippen molar-refractivity contribution in [1.29, 1.82) is 0 Å². The molecule has 6 nitrogen and oxygen atoms in total. The molecule has 0 saturated heterocycles. The molecule has 0 spiro atoms. The Bertz CT molecular complexity index is 1010. The van der Waals surface area contributed by atoms with Crippen LogP contribution < -0.4 is 5.32 Å². The lowest BCUT2D eigenvalue weighted by Gasteiger charge is -2.36. The minimum Gasteiger partial charge on any atom is -0.349 e. The Balaban J connectivity index is 1.54. The van der Waals surface area contributed by atoms with Crippen molar-refractivity contribution < 1.29 is 4.79 Å². The largest absolute Gasteiger partial charge is 0.349 e. The van der Waals surface area contributed by atoms with Crippen LogP contribution in [0.3, 0.4) is 0 Å². The molecule has 3 aromatic rings. The van der Waals surface area contributed by atoms with E-state index < -0.39 is 0 Å². The van der Waals surface area contributed by atoms with Crippen LogP contribution in [-0.4, -0.2) is 25.7 Å². The van der Waals surface area contributed by atoms with Gasteiger partial charge in [-0.2, -0.15) is 5.10 Å². The predicted octanol–water partition coefficient (Wildman–Crippen LogP) is 3.73. The number of nitrogens with one attached hydrogen (secondary N) is 1. The summed E-state index contributed by atoms with van der Waals surface area (Å²) in [4.78, 5) is 20.9. The minimum absolute atomic E-state index is 0.0262. The highest BCUT2D eigenvalue weighted by molar-refractivity contribution is 5.76. The molecule has 1 N–H and O–H groups in total. The summed E-state index contributed by atoms with van der Waals surface area (Å²) < 4.78 is 2.03. The second-order valence-electron chi connectivity index (χ2n) is 8.66. The molecule has 1 unspecified atom stereocenters. The van der Waals surface area contributed by atoms with E-state index in [9.17, 15) is 4.79 Å². The molecule has 29 heavy (non-hydrogen) atoms.